The van der Waals surface area contributed by atoms with Gasteiger partial charge < -0.3 is 28.7 Å². The van der Waals surface area contributed by atoms with Crippen molar-refractivity contribution in [1.29, 1.82) is 0 Å². The van der Waals surface area contributed by atoms with E-state index in [4.69, 9.17) is 23.3 Å². The zero-order valence-electron chi connectivity index (χ0n) is 26.0. The minimum Gasteiger partial charge on any atom is -0.390 e. The summed E-state index contributed by atoms with van der Waals surface area (Å²) in [4.78, 5) is 24.0. The third kappa shape index (κ3) is 6.92. The number of nitrogens with zero attached hydrogens (tertiary/aromatic N) is 1. The second-order valence-corrected chi connectivity index (χ2v) is 15.9. The molecule has 40 heavy (non-hydrogen) atoms. The number of rotatable bonds is 12. The van der Waals surface area contributed by atoms with Crippen molar-refractivity contribution in [1.82, 2.24) is 0 Å². The fourth-order valence-corrected chi connectivity index (χ4v) is 8.59. The van der Waals surface area contributed by atoms with Gasteiger partial charge in [-0.25, -0.2) is 4.57 Å². The third-order valence-corrected chi connectivity index (χ3v) is 10.5. The number of phosphoric acid groups is 1. The van der Waals surface area contributed by atoms with Crippen molar-refractivity contribution in [2.24, 2.45) is 22.7 Å². The number of fused-ring (bicyclic) bond motifs is 3. The van der Waals surface area contributed by atoms with Gasteiger partial charge in [-0.15, -0.1) is 6.58 Å². The van der Waals surface area contributed by atoms with Crippen molar-refractivity contribution in [3.8, 4) is 0 Å². The Morgan fingerprint density at radius 1 is 1.15 bits per heavy atom. The van der Waals surface area contributed by atoms with Crippen molar-refractivity contribution >= 4 is 13.6 Å². The quantitative estimate of drug-likeness (QED) is 0.199. The minimum atomic E-state index is -4.30. The fourth-order valence-electron chi connectivity index (χ4n) is 7.85. The van der Waals surface area contributed by atoms with Crippen LogP contribution in [0.3, 0.4) is 0 Å². The number of ketones is 1. The maximum atomic E-state index is 13.9. The summed E-state index contributed by atoms with van der Waals surface area (Å²) in [6, 6.07) is 0. The number of quaternary nitrogens is 1. The van der Waals surface area contributed by atoms with Gasteiger partial charge in [-0.3, -0.25) is 13.8 Å². The number of aliphatic hydroxyl groups excluding tert-OH is 1. The molecule has 11 heteroatoms. The average Bonchev–Trinajstić information content (AvgIpc) is 2.78. The van der Waals surface area contributed by atoms with Crippen LogP contribution in [0.4, 0.5) is 0 Å². The highest BCUT2D eigenvalue weighted by molar-refractivity contribution is 7.47. The molecular formula is C29H53NO9P+. The average molecular weight is 591 g/mol. The van der Waals surface area contributed by atoms with Crippen molar-refractivity contribution in [3.05, 3.63) is 12.7 Å². The normalized spacial score (nSPS) is 40.0. The number of aliphatic hydroxyl groups is 1. The molecule has 3 fully saturated rings. The van der Waals surface area contributed by atoms with E-state index in [-0.39, 0.29) is 43.4 Å². The van der Waals surface area contributed by atoms with E-state index in [0.717, 1.165) is 19.3 Å². The van der Waals surface area contributed by atoms with E-state index >= 15 is 0 Å². The van der Waals surface area contributed by atoms with Gasteiger partial charge in [0.15, 0.2) is 0 Å². The predicted octanol–water partition coefficient (Wildman–Crippen LogP) is 3.74. The first kappa shape index (κ1) is 33.8. The first-order valence-corrected chi connectivity index (χ1v) is 15.8. The molecule has 2 N–H and O–H groups in total. The highest BCUT2D eigenvalue weighted by Crippen LogP contribution is 2.65. The molecule has 0 amide bonds. The summed E-state index contributed by atoms with van der Waals surface area (Å²) in [5.74, 6) is -0.571. The lowest BCUT2D eigenvalue weighted by Crippen LogP contribution is -2.75. The highest BCUT2D eigenvalue weighted by atomic mass is 31.2. The maximum Gasteiger partial charge on any atom is 0.472 e. The zero-order chi connectivity index (χ0) is 30.4. The Labute approximate surface area is 240 Å². The molecule has 3 rings (SSSR count). The molecule has 0 aromatic rings. The van der Waals surface area contributed by atoms with Crippen LogP contribution < -0.4 is 0 Å². The van der Waals surface area contributed by atoms with Gasteiger partial charge in [0.05, 0.1) is 52.0 Å². The van der Waals surface area contributed by atoms with Gasteiger partial charge in [-0.05, 0) is 43.4 Å². The highest BCUT2D eigenvalue weighted by Gasteiger charge is 2.71. The van der Waals surface area contributed by atoms with Crippen LogP contribution in [0, 0.1) is 22.7 Å². The monoisotopic (exact) mass is 590 g/mol. The van der Waals surface area contributed by atoms with Crippen LogP contribution in [0.15, 0.2) is 12.7 Å². The van der Waals surface area contributed by atoms with Crippen molar-refractivity contribution < 1.29 is 47.1 Å². The van der Waals surface area contributed by atoms with Crippen LogP contribution in [0.1, 0.15) is 60.3 Å². The summed E-state index contributed by atoms with van der Waals surface area (Å²) < 4.78 is 41.9. The second-order valence-electron chi connectivity index (χ2n) is 14.4. The maximum absolute atomic E-state index is 13.9. The van der Waals surface area contributed by atoms with Crippen LogP contribution in [-0.2, 0) is 32.6 Å². The first-order valence-electron chi connectivity index (χ1n) is 14.3. The topological polar surface area (TPSA) is 121 Å². The van der Waals surface area contributed by atoms with E-state index < -0.39 is 48.7 Å². The third-order valence-electron chi connectivity index (χ3n) is 9.51. The molecule has 0 aromatic carbocycles. The molecule has 1 saturated heterocycles. The van der Waals surface area contributed by atoms with Gasteiger partial charge in [-0.1, -0.05) is 33.3 Å². The number of methoxy groups -OCH3 is 1. The molecule has 9 atom stereocenters. The van der Waals surface area contributed by atoms with Crippen LogP contribution in [-0.4, -0.2) is 104 Å². The summed E-state index contributed by atoms with van der Waals surface area (Å²) in [6.45, 7) is 14.3. The molecule has 2 aliphatic carbocycles. The van der Waals surface area contributed by atoms with Gasteiger partial charge in [-0.2, -0.15) is 0 Å². The van der Waals surface area contributed by atoms with Gasteiger partial charge in [0.2, 0.25) is 0 Å². The standard InChI is InChI=1S/C29H52NO9P/c1-11-27(4)17-21(31)23-28(5)14-12-13-26(2,3)24(28)22(32)25(29(23,6)39-27)36-18-20(35-10)19-38-40(33,34)37-16-15-30(7,8)9/h11,20,22-25,32H,1,12-19H2,2-10H3/p+1/t20?,22-,23+,24?,25-,27-,28+,29-/m0/s1. The molecular weight excluding hydrogens is 537 g/mol. The molecule has 0 bridgehead atoms. The molecule has 3 aliphatic rings. The van der Waals surface area contributed by atoms with Gasteiger partial charge in [0.1, 0.15) is 36.7 Å². The lowest BCUT2D eigenvalue weighted by atomic mass is 9.42. The Hall–Kier alpha value is -0.680. The number of hydrogen-bond donors (Lipinski definition) is 2. The number of likely N-dealkylation sites (N-methyl/N-ethyl adjacent to an activating group) is 1. The number of hydrogen-bond acceptors (Lipinski definition) is 8. The Morgan fingerprint density at radius 2 is 1.80 bits per heavy atom. The zero-order valence-corrected chi connectivity index (χ0v) is 26.9. The Balaban J connectivity index is 1.82. The van der Waals surface area contributed by atoms with Gasteiger partial charge >= 0.3 is 7.82 Å². The first-order chi connectivity index (χ1) is 18.2. The fraction of sp³-hybridized carbons (Fsp3) is 0.897. The second kappa shape index (κ2) is 11.8. The van der Waals surface area contributed by atoms with E-state index in [1.165, 1.54) is 7.11 Å². The van der Waals surface area contributed by atoms with E-state index in [1.807, 2.05) is 35.0 Å². The summed E-state index contributed by atoms with van der Waals surface area (Å²) in [7, 11) is 3.01. The Kier molecular flexibility index (Phi) is 9.96. The SMILES string of the molecule is C=C[C@@]1(C)CC(=O)[C@H]2[C@](C)(O1)[C@@H](OCC(COP(=O)(O)OCC[N+](C)(C)C)OC)[C@@H](O)C1C(C)(C)CCC[C@@]12C. The number of phosphoric ester groups is 1. The van der Waals surface area contributed by atoms with Crippen LogP contribution in [0.2, 0.25) is 0 Å². The predicted molar refractivity (Wildman–Crippen MR) is 152 cm³/mol. The van der Waals surface area contributed by atoms with Crippen molar-refractivity contribution in [2.45, 2.75) is 89.8 Å². The molecule has 10 nitrogen and oxygen atoms in total. The summed E-state index contributed by atoms with van der Waals surface area (Å²) in [5.41, 5.74) is -2.71. The van der Waals surface area contributed by atoms with E-state index in [1.54, 1.807) is 6.08 Å². The van der Waals surface area contributed by atoms with Gasteiger partial charge in [0, 0.05) is 13.5 Å². The molecule has 232 valence electrons. The Morgan fingerprint density at radius 3 is 2.38 bits per heavy atom. The largest absolute Gasteiger partial charge is 0.472 e. The molecule has 0 aromatic heterocycles. The lowest BCUT2D eigenvalue weighted by Gasteiger charge is -2.67. The molecule has 1 heterocycles. The molecule has 3 unspecified atom stereocenters. The lowest BCUT2D eigenvalue weighted by molar-refractivity contribution is -0.870. The number of carbonyl (C=O) groups excluding carboxylic acids is 1. The van der Waals surface area contributed by atoms with E-state index in [9.17, 15) is 19.4 Å². The van der Waals surface area contributed by atoms with Gasteiger partial charge in [0.25, 0.3) is 0 Å². The summed E-state index contributed by atoms with van der Waals surface area (Å²) >= 11 is 0. The Bertz CT molecular complexity index is 983. The number of carbonyl (C=O) groups is 1. The minimum absolute atomic E-state index is 0.0500. The van der Waals surface area contributed by atoms with Crippen molar-refractivity contribution in [3.63, 3.8) is 0 Å². The van der Waals surface area contributed by atoms with Crippen LogP contribution >= 0.6 is 7.82 Å². The summed E-state index contributed by atoms with van der Waals surface area (Å²) in [6.07, 6.45) is 2.11. The van der Waals surface area contributed by atoms with Crippen LogP contribution in [0.25, 0.3) is 0 Å². The van der Waals surface area contributed by atoms with E-state index in [2.05, 4.69) is 27.4 Å². The van der Waals surface area contributed by atoms with Crippen molar-refractivity contribution in [2.75, 3.05) is 54.6 Å². The number of ether oxygens (including phenoxy) is 3. The molecule has 0 spiro atoms. The molecule has 0 radical (unpaired) electrons. The van der Waals surface area contributed by atoms with Crippen LogP contribution in [0.5, 0.6) is 0 Å². The van der Waals surface area contributed by atoms with E-state index in [0.29, 0.717) is 11.0 Å². The summed E-state index contributed by atoms with van der Waals surface area (Å²) in [5, 5.41) is 12.0. The molecule has 1 aliphatic heterocycles. The molecule has 2 saturated carbocycles. The smallest absolute Gasteiger partial charge is 0.390 e. The number of Topliss-reactive ketones (excluding diaryl/α,β-unsaturated/α-hetero) is 1.